The Morgan fingerprint density at radius 3 is 2.48 bits per heavy atom. The molecule has 0 aliphatic carbocycles. The lowest BCUT2D eigenvalue weighted by atomic mass is 9.89. The topological polar surface area (TPSA) is 110 Å². The zero-order valence-electron chi connectivity index (χ0n) is 16.7. The zero-order valence-corrected chi connectivity index (χ0v) is 16.7. The number of non-ortho nitro benzene ring substituents is 1. The van der Waals surface area contributed by atoms with Crippen LogP contribution in [0.15, 0.2) is 48.5 Å². The number of nitrogens with zero attached hydrogens (tertiary/aromatic N) is 3. The van der Waals surface area contributed by atoms with Gasteiger partial charge in [-0.1, -0.05) is 30.3 Å². The summed E-state index contributed by atoms with van der Waals surface area (Å²) in [7, 11) is 0. The molecule has 0 saturated carbocycles. The van der Waals surface area contributed by atoms with Gasteiger partial charge in [0.1, 0.15) is 12.3 Å². The molecule has 0 radical (unpaired) electrons. The molecular weight excluding hydrogens is 402 g/mol. The van der Waals surface area contributed by atoms with Gasteiger partial charge < -0.3 is 9.64 Å². The summed E-state index contributed by atoms with van der Waals surface area (Å²) in [5, 5.41) is 11.1. The number of fused-ring (bicyclic) bond motifs is 1. The van der Waals surface area contributed by atoms with Crippen molar-refractivity contribution in [2.75, 3.05) is 31.1 Å². The van der Waals surface area contributed by atoms with Crippen molar-refractivity contribution in [2.45, 2.75) is 12.8 Å². The van der Waals surface area contributed by atoms with Gasteiger partial charge in [-0.2, -0.15) is 0 Å². The number of Topliss-reactive ketones (excluding diaryl/α,β-unsaturated/α-hetero) is 1. The molecule has 9 nitrogen and oxygen atoms in total. The van der Waals surface area contributed by atoms with Crippen LogP contribution in [0.25, 0.3) is 0 Å². The van der Waals surface area contributed by atoms with E-state index in [0.29, 0.717) is 37.2 Å². The number of hydrogen-bond acceptors (Lipinski definition) is 6. The Labute approximate surface area is 178 Å². The lowest BCUT2D eigenvalue weighted by molar-refractivity contribution is -0.384. The molecule has 160 valence electrons. The Balaban J connectivity index is 1.42. The molecule has 9 heteroatoms. The summed E-state index contributed by atoms with van der Waals surface area (Å²) < 4.78 is 5.33. The number of nitro benzene ring substituents is 1. The van der Waals surface area contributed by atoms with Crippen LogP contribution in [0.3, 0.4) is 0 Å². The third kappa shape index (κ3) is 4.25. The van der Waals surface area contributed by atoms with E-state index in [-0.39, 0.29) is 42.1 Å². The van der Waals surface area contributed by atoms with E-state index in [1.807, 2.05) is 18.2 Å². The normalized spacial score (nSPS) is 16.5. The Bertz CT molecular complexity index is 1030. The number of rotatable bonds is 5. The first kappa shape index (κ1) is 20.5. The summed E-state index contributed by atoms with van der Waals surface area (Å²) in [4.78, 5) is 51.3. The molecule has 2 aliphatic heterocycles. The van der Waals surface area contributed by atoms with Gasteiger partial charge in [-0.15, -0.1) is 0 Å². The minimum atomic E-state index is -0.562. The van der Waals surface area contributed by atoms with Crippen LogP contribution in [0.4, 0.5) is 11.4 Å². The molecule has 0 unspecified atom stereocenters. The molecule has 0 N–H and O–H groups in total. The van der Waals surface area contributed by atoms with E-state index in [4.69, 9.17) is 4.74 Å². The molecule has 1 fully saturated rings. The van der Waals surface area contributed by atoms with Crippen LogP contribution in [0.2, 0.25) is 0 Å². The van der Waals surface area contributed by atoms with Crippen LogP contribution in [0, 0.1) is 16.0 Å². The van der Waals surface area contributed by atoms with Gasteiger partial charge >= 0.3 is 0 Å². The number of piperidine rings is 1. The third-order valence-electron chi connectivity index (χ3n) is 5.67. The number of ketones is 1. The molecule has 4 rings (SSSR count). The highest BCUT2D eigenvalue weighted by Crippen LogP contribution is 2.35. The first-order chi connectivity index (χ1) is 14.9. The fourth-order valence-electron chi connectivity index (χ4n) is 3.94. The first-order valence-electron chi connectivity index (χ1n) is 10.0. The van der Waals surface area contributed by atoms with Crippen molar-refractivity contribution in [1.29, 1.82) is 0 Å². The van der Waals surface area contributed by atoms with Gasteiger partial charge in [0, 0.05) is 36.7 Å². The van der Waals surface area contributed by atoms with E-state index in [1.165, 1.54) is 23.1 Å². The Kier molecular flexibility index (Phi) is 5.66. The molecule has 2 aromatic carbocycles. The van der Waals surface area contributed by atoms with Crippen molar-refractivity contribution in [3.63, 3.8) is 0 Å². The summed E-state index contributed by atoms with van der Waals surface area (Å²) in [5.41, 5.74) is 0.701. The maximum absolute atomic E-state index is 12.9. The number of carbonyl (C=O) groups is 3. The Morgan fingerprint density at radius 2 is 1.81 bits per heavy atom. The van der Waals surface area contributed by atoms with E-state index in [1.54, 1.807) is 17.0 Å². The Morgan fingerprint density at radius 1 is 1.10 bits per heavy atom. The predicted octanol–water partition coefficient (Wildman–Crippen LogP) is 2.44. The lowest BCUT2D eigenvalue weighted by Crippen LogP contribution is -2.48. The number of carbonyl (C=O) groups excluding carboxylic acids is 3. The molecule has 2 aliphatic rings. The summed E-state index contributed by atoms with van der Waals surface area (Å²) in [6.45, 7) is 0.379. The number of nitro groups is 1. The molecule has 2 amide bonds. The molecule has 0 aromatic heterocycles. The van der Waals surface area contributed by atoms with E-state index in [9.17, 15) is 24.5 Å². The van der Waals surface area contributed by atoms with Crippen molar-refractivity contribution in [2.24, 2.45) is 5.92 Å². The molecule has 1 saturated heterocycles. The second-order valence-electron chi connectivity index (χ2n) is 7.56. The van der Waals surface area contributed by atoms with Gasteiger partial charge in [0.05, 0.1) is 10.6 Å². The SMILES string of the molecule is O=C(c1ccccc1)C1CCN(C(=O)CN2C(=O)COc3ccc([N+](=O)[O-])cc32)CC1. The summed E-state index contributed by atoms with van der Waals surface area (Å²) in [6.07, 6.45) is 1.11. The fraction of sp³-hybridized carbons (Fsp3) is 0.318. The van der Waals surface area contributed by atoms with E-state index in [2.05, 4.69) is 0 Å². The van der Waals surface area contributed by atoms with Gasteiger partial charge in [0.25, 0.3) is 11.6 Å². The third-order valence-corrected chi connectivity index (χ3v) is 5.67. The smallest absolute Gasteiger partial charge is 0.271 e. The average Bonchev–Trinajstić information content (AvgIpc) is 2.80. The highest BCUT2D eigenvalue weighted by molar-refractivity contribution is 6.02. The van der Waals surface area contributed by atoms with Crippen molar-refractivity contribution in [1.82, 2.24) is 4.90 Å². The number of anilines is 1. The number of amides is 2. The zero-order chi connectivity index (χ0) is 22.0. The van der Waals surface area contributed by atoms with Gasteiger partial charge in [-0.05, 0) is 18.9 Å². The monoisotopic (exact) mass is 423 g/mol. The predicted molar refractivity (Wildman–Crippen MR) is 111 cm³/mol. The van der Waals surface area contributed by atoms with Gasteiger partial charge in [0.15, 0.2) is 12.4 Å². The molecule has 0 bridgehead atoms. The number of ether oxygens (including phenoxy) is 1. The number of benzene rings is 2. The van der Waals surface area contributed by atoms with Crippen LogP contribution in [0.5, 0.6) is 5.75 Å². The van der Waals surface area contributed by atoms with Crippen molar-refractivity contribution in [3.8, 4) is 5.75 Å². The largest absolute Gasteiger partial charge is 0.482 e. The average molecular weight is 423 g/mol. The van der Waals surface area contributed by atoms with E-state index in [0.717, 1.165) is 0 Å². The second kappa shape index (κ2) is 8.55. The summed E-state index contributed by atoms with van der Waals surface area (Å²) >= 11 is 0. The maximum atomic E-state index is 12.9. The van der Waals surface area contributed by atoms with Gasteiger partial charge in [0.2, 0.25) is 5.91 Å². The van der Waals surface area contributed by atoms with Crippen molar-refractivity contribution < 1.29 is 24.0 Å². The van der Waals surface area contributed by atoms with Crippen molar-refractivity contribution in [3.05, 3.63) is 64.2 Å². The number of likely N-dealkylation sites (tertiary alicyclic amines) is 1. The highest BCUT2D eigenvalue weighted by Gasteiger charge is 2.33. The van der Waals surface area contributed by atoms with Crippen LogP contribution in [0.1, 0.15) is 23.2 Å². The second-order valence-corrected chi connectivity index (χ2v) is 7.56. The first-order valence-corrected chi connectivity index (χ1v) is 10.0. The minimum Gasteiger partial charge on any atom is -0.482 e. The lowest BCUT2D eigenvalue weighted by Gasteiger charge is -2.34. The molecule has 2 aromatic rings. The van der Waals surface area contributed by atoms with E-state index >= 15 is 0 Å². The fourth-order valence-corrected chi connectivity index (χ4v) is 3.94. The molecule has 0 atom stereocenters. The molecule has 31 heavy (non-hydrogen) atoms. The molecule has 2 heterocycles. The van der Waals surface area contributed by atoms with Gasteiger partial charge in [-0.3, -0.25) is 29.4 Å². The highest BCUT2D eigenvalue weighted by atomic mass is 16.6. The van der Waals surface area contributed by atoms with Crippen LogP contribution >= 0.6 is 0 Å². The van der Waals surface area contributed by atoms with Crippen LogP contribution in [-0.4, -0.2) is 53.7 Å². The quantitative estimate of drug-likeness (QED) is 0.415. The van der Waals surface area contributed by atoms with Crippen LogP contribution < -0.4 is 9.64 Å². The minimum absolute atomic E-state index is 0.0808. The maximum Gasteiger partial charge on any atom is 0.271 e. The molecular formula is C22H21N3O6. The summed E-state index contributed by atoms with van der Waals surface area (Å²) in [6, 6.07) is 13.1. The standard InChI is InChI=1S/C22H21N3O6/c26-20(23-10-8-16(9-11-23)22(28)15-4-2-1-3-5-15)13-24-18-12-17(25(29)30)6-7-19(18)31-14-21(24)27/h1-7,12,16H,8-11,13-14H2. The van der Waals surface area contributed by atoms with E-state index < -0.39 is 10.8 Å². The molecule has 0 spiro atoms. The number of hydrogen-bond donors (Lipinski definition) is 0. The van der Waals surface area contributed by atoms with Crippen molar-refractivity contribution >= 4 is 29.0 Å². The van der Waals surface area contributed by atoms with Crippen LogP contribution in [-0.2, 0) is 9.59 Å². The summed E-state index contributed by atoms with van der Waals surface area (Å²) in [5.74, 6) is -0.434. The van der Waals surface area contributed by atoms with Gasteiger partial charge in [-0.25, -0.2) is 0 Å². The Hall–Kier alpha value is -3.75.